The molecule has 4 aliphatic heterocycles. The zero-order valence-corrected chi connectivity index (χ0v) is 18.0. The summed E-state index contributed by atoms with van der Waals surface area (Å²) in [5.41, 5.74) is -0.895. The molecule has 4 saturated heterocycles. The van der Waals surface area contributed by atoms with Crippen LogP contribution in [-0.2, 0) is 9.59 Å². The Kier molecular flexibility index (Phi) is 5.80. The SMILES string of the molecule is CN1CC[C@]2(C(=O)N3CC4(CNC(=O)N4)C3)CCCN(C(=O)c3ncc[nH]3)[C@H]2C1.O=CO. The number of aromatic amines is 1. The van der Waals surface area contributed by atoms with Gasteiger partial charge in [0.15, 0.2) is 5.82 Å². The van der Waals surface area contributed by atoms with Gasteiger partial charge in [0, 0.05) is 45.1 Å². The molecule has 174 valence electrons. The highest BCUT2D eigenvalue weighted by molar-refractivity contribution is 5.93. The highest BCUT2D eigenvalue weighted by Crippen LogP contribution is 2.45. The van der Waals surface area contributed by atoms with Gasteiger partial charge in [-0.05, 0) is 32.9 Å². The molecule has 5 rings (SSSR count). The number of likely N-dealkylation sites (N-methyl/N-ethyl adjacent to an activating group) is 1. The number of carbonyl (C=O) groups excluding carboxylic acids is 3. The van der Waals surface area contributed by atoms with Crippen LogP contribution >= 0.6 is 0 Å². The van der Waals surface area contributed by atoms with Crippen molar-refractivity contribution in [3.8, 4) is 0 Å². The topological polar surface area (TPSA) is 151 Å². The summed E-state index contributed by atoms with van der Waals surface area (Å²) in [6, 6.07) is -0.340. The van der Waals surface area contributed by atoms with Crippen molar-refractivity contribution in [1.29, 1.82) is 0 Å². The first-order chi connectivity index (χ1) is 15.3. The van der Waals surface area contributed by atoms with E-state index in [9.17, 15) is 14.4 Å². The van der Waals surface area contributed by atoms with Crippen molar-refractivity contribution in [3.63, 3.8) is 0 Å². The largest absolute Gasteiger partial charge is 0.483 e. The molecule has 0 aliphatic carbocycles. The summed E-state index contributed by atoms with van der Waals surface area (Å²) in [6.45, 7) is 3.51. The predicted molar refractivity (Wildman–Crippen MR) is 112 cm³/mol. The second-order valence-electron chi connectivity index (χ2n) is 9.08. The van der Waals surface area contributed by atoms with Gasteiger partial charge in [0.1, 0.15) is 0 Å². The van der Waals surface area contributed by atoms with Crippen molar-refractivity contribution >= 4 is 24.3 Å². The fraction of sp³-hybridized carbons (Fsp3) is 0.650. The number of hydrogen-bond acceptors (Lipinski definition) is 6. The number of likely N-dealkylation sites (tertiary alicyclic amines) is 3. The molecular formula is C20H29N7O5. The summed E-state index contributed by atoms with van der Waals surface area (Å²) < 4.78 is 0. The number of piperidine rings is 2. The molecule has 12 nitrogen and oxygen atoms in total. The minimum Gasteiger partial charge on any atom is -0.483 e. The van der Waals surface area contributed by atoms with E-state index in [0.717, 1.165) is 25.8 Å². The Morgan fingerprint density at radius 1 is 1.28 bits per heavy atom. The zero-order chi connectivity index (χ0) is 22.9. The van der Waals surface area contributed by atoms with Crippen molar-refractivity contribution in [2.75, 3.05) is 46.3 Å². The van der Waals surface area contributed by atoms with Crippen LogP contribution in [0.3, 0.4) is 0 Å². The van der Waals surface area contributed by atoms with Gasteiger partial charge in [-0.3, -0.25) is 14.4 Å². The third kappa shape index (κ3) is 3.68. The number of rotatable bonds is 2. The van der Waals surface area contributed by atoms with Gasteiger partial charge in [-0.1, -0.05) is 0 Å². The van der Waals surface area contributed by atoms with Crippen LogP contribution in [0.5, 0.6) is 0 Å². The minimum absolute atomic E-state index is 0.124. The summed E-state index contributed by atoms with van der Waals surface area (Å²) in [5, 5.41) is 12.6. The molecule has 2 atom stereocenters. The maximum atomic E-state index is 13.7. The van der Waals surface area contributed by atoms with Gasteiger partial charge >= 0.3 is 6.03 Å². The summed E-state index contributed by atoms with van der Waals surface area (Å²) in [5.74, 6) is 0.308. The van der Waals surface area contributed by atoms with Crippen molar-refractivity contribution < 1.29 is 24.3 Å². The second-order valence-corrected chi connectivity index (χ2v) is 9.08. The average Bonchev–Trinajstić information content (AvgIpc) is 3.42. The Bertz CT molecular complexity index is 885. The summed E-state index contributed by atoms with van der Waals surface area (Å²) >= 11 is 0. The molecule has 12 heteroatoms. The highest BCUT2D eigenvalue weighted by atomic mass is 16.3. The van der Waals surface area contributed by atoms with Gasteiger partial charge in [-0.15, -0.1) is 0 Å². The van der Waals surface area contributed by atoms with E-state index in [4.69, 9.17) is 9.90 Å². The zero-order valence-electron chi connectivity index (χ0n) is 18.0. The Balaban J connectivity index is 0.000000775. The van der Waals surface area contributed by atoms with Crippen LogP contribution in [0.4, 0.5) is 4.79 Å². The minimum atomic E-state index is -0.565. The van der Waals surface area contributed by atoms with Crippen LogP contribution in [0.15, 0.2) is 12.4 Å². The van der Waals surface area contributed by atoms with Crippen molar-refractivity contribution in [1.82, 2.24) is 35.3 Å². The summed E-state index contributed by atoms with van der Waals surface area (Å²) in [6.07, 6.45) is 5.55. The molecule has 0 radical (unpaired) electrons. The van der Waals surface area contributed by atoms with Gasteiger partial charge in [-0.2, -0.15) is 0 Å². The number of carbonyl (C=O) groups is 4. The first-order valence-corrected chi connectivity index (χ1v) is 10.8. The van der Waals surface area contributed by atoms with Crippen LogP contribution in [0.2, 0.25) is 0 Å². The Morgan fingerprint density at radius 3 is 2.66 bits per heavy atom. The van der Waals surface area contributed by atoms with E-state index < -0.39 is 5.41 Å². The number of hydrogen-bond donors (Lipinski definition) is 4. The Hall–Kier alpha value is -3.15. The molecule has 4 aliphatic rings. The lowest BCUT2D eigenvalue weighted by atomic mass is 9.66. The van der Waals surface area contributed by atoms with E-state index in [0.29, 0.717) is 38.5 Å². The maximum Gasteiger partial charge on any atom is 0.315 e. The molecule has 5 heterocycles. The lowest BCUT2D eigenvalue weighted by Crippen LogP contribution is -2.74. The van der Waals surface area contributed by atoms with Crippen molar-refractivity contribution in [3.05, 3.63) is 18.2 Å². The van der Waals surface area contributed by atoms with Gasteiger partial charge in [-0.25, -0.2) is 9.78 Å². The normalized spacial score (nSPS) is 28.5. The quantitative estimate of drug-likeness (QED) is 0.422. The lowest BCUT2D eigenvalue weighted by Gasteiger charge is -2.57. The van der Waals surface area contributed by atoms with Crippen molar-refractivity contribution in [2.45, 2.75) is 30.8 Å². The first-order valence-electron chi connectivity index (χ1n) is 10.8. The van der Waals surface area contributed by atoms with Crippen LogP contribution in [0.1, 0.15) is 29.9 Å². The fourth-order valence-corrected chi connectivity index (χ4v) is 5.56. The number of aromatic nitrogens is 2. The average molecular weight is 447 g/mol. The molecule has 4 fully saturated rings. The van der Waals surface area contributed by atoms with Crippen molar-refractivity contribution in [2.24, 2.45) is 5.41 Å². The molecule has 0 unspecified atom stereocenters. The van der Waals surface area contributed by atoms with Gasteiger partial charge in [0.2, 0.25) is 5.91 Å². The Morgan fingerprint density at radius 2 is 2.03 bits per heavy atom. The molecule has 1 spiro atoms. The monoisotopic (exact) mass is 447 g/mol. The number of urea groups is 1. The molecule has 4 N–H and O–H groups in total. The number of H-pyrrole nitrogens is 1. The molecule has 1 aromatic rings. The van der Waals surface area contributed by atoms with E-state index in [1.807, 2.05) is 16.8 Å². The number of fused-ring (bicyclic) bond motifs is 1. The molecule has 0 aromatic carbocycles. The van der Waals surface area contributed by atoms with Crippen LogP contribution in [0, 0.1) is 5.41 Å². The lowest BCUT2D eigenvalue weighted by molar-refractivity contribution is -0.161. The van der Waals surface area contributed by atoms with E-state index in [1.165, 1.54) is 0 Å². The van der Waals surface area contributed by atoms with E-state index in [2.05, 4.69) is 25.5 Å². The van der Waals surface area contributed by atoms with Crippen LogP contribution < -0.4 is 10.6 Å². The first kappa shape index (κ1) is 22.1. The number of carboxylic acid groups (broad SMARTS) is 1. The summed E-state index contributed by atoms with van der Waals surface area (Å²) in [7, 11) is 2.04. The van der Waals surface area contributed by atoms with Gasteiger partial charge in [0.05, 0.1) is 17.0 Å². The maximum absolute atomic E-state index is 13.7. The smallest absolute Gasteiger partial charge is 0.315 e. The van der Waals surface area contributed by atoms with E-state index in [-0.39, 0.29) is 35.9 Å². The highest BCUT2D eigenvalue weighted by Gasteiger charge is 2.59. The molecule has 0 bridgehead atoms. The van der Waals surface area contributed by atoms with Crippen LogP contribution in [-0.4, -0.2) is 112 Å². The number of nitrogens with one attached hydrogen (secondary N) is 3. The standard InChI is InChI=1S/C19H27N7O3.CH2O2/c1-24-8-4-19(16(28)25-11-18(12-25)10-22-17(29)23-18)3-2-7-26(13(19)9-24)15(27)14-20-5-6-21-14;2-1-3/h5-6,13H,2-4,7-12H2,1H3,(H,20,21)(H2,22,23,29);1H,(H,2,3)/t13-,19+;/m0./s1. The second kappa shape index (κ2) is 8.41. The number of imidazole rings is 1. The summed E-state index contributed by atoms with van der Waals surface area (Å²) in [4.78, 5) is 59.7. The number of nitrogens with zero attached hydrogens (tertiary/aromatic N) is 4. The van der Waals surface area contributed by atoms with Crippen LogP contribution in [0.25, 0.3) is 0 Å². The predicted octanol–water partition coefficient (Wildman–Crippen LogP) is -1.07. The molecular weight excluding hydrogens is 418 g/mol. The van der Waals surface area contributed by atoms with E-state index in [1.54, 1.807) is 12.4 Å². The third-order valence-corrected chi connectivity index (χ3v) is 7.09. The van der Waals surface area contributed by atoms with Gasteiger partial charge < -0.3 is 35.4 Å². The molecule has 1 aromatic heterocycles. The molecule has 4 amide bonds. The number of amides is 4. The third-order valence-electron chi connectivity index (χ3n) is 7.09. The Labute approximate surface area is 185 Å². The molecule has 0 saturated carbocycles. The molecule has 32 heavy (non-hydrogen) atoms. The van der Waals surface area contributed by atoms with Gasteiger partial charge in [0.25, 0.3) is 12.4 Å². The fourth-order valence-electron chi connectivity index (χ4n) is 5.56. The van der Waals surface area contributed by atoms with E-state index >= 15 is 0 Å².